The van der Waals surface area contributed by atoms with Gasteiger partial charge < -0.3 is 10.2 Å². The third-order valence-electron chi connectivity index (χ3n) is 3.76. The predicted molar refractivity (Wildman–Crippen MR) is 76.9 cm³/mol. The largest absolute Gasteiger partial charge is 0.383 e. The minimum Gasteiger partial charge on any atom is -0.383 e. The molecule has 0 saturated carbocycles. The van der Waals surface area contributed by atoms with Crippen LogP contribution in [-0.2, 0) is 0 Å². The molecule has 2 atom stereocenters. The second-order valence-electron chi connectivity index (χ2n) is 5.36. The maximum absolute atomic E-state index is 12.6. The van der Waals surface area contributed by atoms with E-state index >= 15 is 0 Å². The van der Waals surface area contributed by atoms with E-state index in [9.17, 15) is 14.9 Å². The van der Waals surface area contributed by atoms with Crippen LogP contribution in [0.5, 0.6) is 0 Å². The second-order valence-corrected chi connectivity index (χ2v) is 5.36. The van der Waals surface area contributed by atoms with E-state index in [1.165, 1.54) is 6.07 Å². The van der Waals surface area contributed by atoms with Gasteiger partial charge in [-0.25, -0.2) is 0 Å². The highest BCUT2D eigenvalue weighted by Gasteiger charge is 2.34. The molecule has 1 aliphatic rings. The molecular formula is C14H19N3O3. The van der Waals surface area contributed by atoms with Gasteiger partial charge in [0, 0.05) is 19.6 Å². The quantitative estimate of drug-likeness (QED) is 0.680. The van der Waals surface area contributed by atoms with Crippen LogP contribution in [0.15, 0.2) is 18.2 Å². The third-order valence-corrected chi connectivity index (χ3v) is 3.76. The molecule has 1 N–H and O–H groups in total. The number of hydrogen-bond donors (Lipinski definition) is 1. The van der Waals surface area contributed by atoms with Crippen molar-refractivity contribution in [3.05, 3.63) is 33.9 Å². The van der Waals surface area contributed by atoms with Gasteiger partial charge in [0.25, 0.3) is 5.91 Å². The van der Waals surface area contributed by atoms with Crippen LogP contribution in [0.3, 0.4) is 0 Å². The Morgan fingerprint density at radius 2 is 2.15 bits per heavy atom. The lowest BCUT2D eigenvalue weighted by atomic mass is 10.1. The molecule has 20 heavy (non-hydrogen) atoms. The van der Waals surface area contributed by atoms with Crippen LogP contribution < -0.4 is 5.32 Å². The van der Waals surface area contributed by atoms with Crippen LogP contribution in [0.1, 0.15) is 30.6 Å². The van der Waals surface area contributed by atoms with Crippen molar-refractivity contribution in [2.24, 2.45) is 5.92 Å². The van der Waals surface area contributed by atoms with E-state index in [0.717, 1.165) is 6.42 Å². The van der Waals surface area contributed by atoms with Gasteiger partial charge in [0.15, 0.2) is 0 Å². The summed E-state index contributed by atoms with van der Waals surface area (Å²) in [5, 5.41) is 14.0. The maximum atomic E-state index is 12.6. The Morgan fingerprint density at radius 3 is 2.65 bits per heavy atom. The summed E-state index contributed by atoms with van der Waals surface area (Å²) in [6.45, 7) is 4.72. The number of amides is 1. The molecule has 0 radical (unpaired) electrons. The number of anilines is 1. The van der Waals surface area contributed by atoms with E-state index in [1.807, 2.05) is 6.92 Å². The molecule has 1 aliphatic heterocycles. The molecule has 2 unspecified atom stereocenters. The first-order valence-corrected chi connectivity index (χ1v) is 6.71. The molecule has 6 nitrogen and oxygen atoms in total. The molecule has 0 bridgehead atoms. The molecule has 6 heteroatoms. The van der Waals surface area contributed by atoms with Crippen molar-refractivity contribution in [1.82, 2.24) is 4.90 Å². The lowest BCUT2D eigenvalue weighted by molar-refractivity contribution is -0.384. The number of nitro benzene ring substituents is 1. The molecule has 1 aromatic carbocycles. The van der Waals surface area contributed by atoms with Crippen LogP contribution in [0, 0.1) is 16.0 Å². The van der Waals surface area contributed by atoms with Gasteiger partial charge in [0.2, 0.25) is 0 Å². The number of hydrogen-bond acceptors (Lipinski definition) is 4. The van der Waals surface area contributed by atoms with E-state index in [4.69, 9.17) is 0 Å². The van der Waals surface area contributed by atoms with Gasteiger partial charge in [0.1, 0.15) is 11.3 Å². The molecule has 0 aromatic heterocycles. The normalized spacial score (nSPS) is 21.9. The lowest BCUT2D eigenvalue weighted by Gasteiger charge is -2.21. The first kappa shape index (κ1) is 14.3. The number of rotatable bonds is 3. The molecular weight excluding hydrogens is 258 g/mol. The predicted octanol–water partition coefficient (Wildman–Crippen LogP) is 2.51. The highest BCUT2D eigenvalue weighted by molar-refractivity contribution is 6.00. The average molecular weight is 277 g/mol. The minimum absolute atomic E-state index is 0.121. The van der Waals surface area contributed by atoms with E-state index < -0.39 is 4.92 Å². The van der Waals surface area contributed by atoms with Gasteiger partial charge in [-0.1, -0.05) is 13.0 Å². The molecule has 0 spiro atoms. The standard InChI is InChI=1S/C14H19N3O3/c1-9-7-10(2)16(8-9)14(18)11-5-4-6-12(15-3)13(11)17(19)20/h4-6,9-10,15H,7-8H2,1-3H3. The number of nitro groups is 1. The first-order valence-electron chi connectivity index (χ1n) is 6.71. The van der Waals surface area contributed by atoms with Crippen molar-refractivity contribution >= 4 is 17.3 Å². The Labute approximate surface area is 117 Å². The number of nitrogens with one attached hydrogen (secondary N) is 1. The number of benzene rings is 1. The van der Waals surface area contributed by atoms with Gasteiger partial charge in [0.05, 0.1) is 4.92 Å². The van der Waals surface area contributed by atoms with Gasteiger partial charge in [-0.05, 0) is 31.4 Å². The molecule has 1 aromatic rings. The SMILES string of the molecule is CNc1cccc(C(=O)N2CC(C)CC2C)c1[N+](=O)[O-]. The second kappa shape index (κ2) is 5.48. The Hall–Kier alpha value is -2.11. The molecule has 1 heterocycles. The van der Waals surface area contributed by atoms with Crippen LogP contribution in [0.25, 0.3) is 0 Å². The van der Waals surface area contributed by atoms with Crippen molar-refractivity contribution < 1.29 is 9.72 Å². The monoisotopic (exact) mass is 277 g/mol. The van der Waals surface area contributed by atoms with E-state index in [1.54, 1.807) is 24.1 Å². The number of carbonyl (C=O) groups is 1. The minimum atomic E-state index is -0.497. The Balaban J connectivity index is 2.42. The van der Waals surface area contributed by atoms with E-state index in [0.29, 0.717) is 18.2 Å². The van der Waals surface area contributed by atoms with Crippen LogP contribution in [0.4, 0.5) is 11.4 Å². The molecule has 1 amide bonds. The zero-order valence-corrected chi connectivity index (χ0v) is 11.9. The molecule has 2 rings (SSSR count). The zero-order chi connectivity index (χ0) is 14.9. The number of para-hydroxylation sites is 1. The summed E-state index contributed by atoms with van der Waals surface area (Å²) >= 11 is 0. The summed E-state index contributed by atoms with van der Waals surface area (Å²) < 4.78 is 0. The van der Waals surface area contributed by atoms with Crippen molar-refractivity contribution in [3.63, 3.8) is 0 Å². The van der Waals surface area contributed by atoms with Crippen LogP contribution in [-0.4, -0.2) is 35.4 Å². The van der Waals surface area contributed by atoms with E-state index in [-0.39, 0.29) is 23.2 Å². The molecule has 1 saturated heterocycles. The van der Waals surface area contributed by atoms with Crippen molar-refractivity contribution in [3.8, 4) is 0 Å². The van der Waals surface area contributed by atoms with Gasteiger partial charge in [-0.3, -0.25) is 14.9 Å². The summed E-state index contributed by atoms with van der Waals surface area (Å²) in [5.41, 5.74) is 0.371. The summed E-state index contributed by atoms with van der Waals surface area (Å²) in [7, 11) is 1.61. The van der Waals surface area contributed by atoms with Crippen molar-refractivity contribution in [1.29, 1.82) is 0 Å². The van der Waals surface area contributed by atoms with Gasteiger partial charge in [-0.2, -0.15) is 0 Å². The molecule has 0 aliphatic carbocycles. The topological polar surface area (TPSA) is 75.5 Å². The fourth-order valence-corrected chi connectivity index (χ4v) is 2.85. The Morgan fingerprint density at radius 1 is 1.45 bits per heavy atom. The fourth-order valence-electron chi connectivity index (χ4n) is 2.85. The summed E-state index contributed by atoms with van der Waals surface area (Å²) in [6.07, 6.45) is 0.936. The van der Waals surface area contributed by atoms with Crippen molar-refractivity contribution in [2.75, 3.05) is 18.9 Å². The van der Waals surface area contributed by atoms with Crippen molar-refractivity contribution in [2.45, 2.75) is 26.3 Å². The summed E-state index contributed by atoms with van der Waals surface area (Å²) in [4.78, 5) is 25.1. The Kier molecular flexibility index (Phi) is 3.92. The highest BCUT2D eigenvalue weighted by Crippen LogP contribution is 2.32. The summed E-state index contributed by atoms with van der Waals surface area (Å²) in [5.74, 6) is 0.172. The number of carbonyl (C=O) groups excluding carboxylic acids is 1. The molecule has 108 valence electrons. The van der Waals surface area contributed by atoms with Gasteiger partial charge in [-0.15, -0.1) is 0 Å². The van der Waals surface area contributed by atoms with E-state index in [2.05, 4.69) is 12.2 Å². The highest BCUT2D eigenvalue weighted by atomic mass is 16.6. The smallest absolute Gasteiger partial charge is 0.305 e. The molecule has 1 fully saturated rings. The third kappa shape index (κ3) is 2.45. The maximum Gasteiger partial charge on any atom is 0.305 e. The lowest BCUT2D eigenvalue weighted by Crippen LogP contribution is -2.34. The average Bonchev–Trinajstić information content (AvgIpc) is 2.75. The van der Waals surface area contributed by atoms with Crippen LogP contribution >= 0.6 is 0 Å². The fraction of sp³-hybridized carbons (Fsp3) is 0.500. The Bertz CT molecular complexity index is 544. The number of nitrogens with zero attached hydrogens (tertiary/aromatic N) is 2. The summed E-state index contributed by atoms with van der Waals surface area (Å²) in [6, 6.07) is 4.91. The first-order chi connectivity index (χ1) is 9.45. The number of likely N-dealkylation sites (tertiary alicyclic amines) is 1. The zero-order valence-electron chi connectivity index (χ0n) is 11.9. The van der Waals surface area contributed by atoms with Gasteiger partial charge >= 0.3 is 5.69 Å². The van der Waals surface area contributed by atoms with Crippen LogP contribution in [0.2, 0.25) is 0 Å².